The molecule has 7 heteroatoms. The maximum atomic E-state index is 12.7. The molecule has 29 heavy (non-hydrogen) atoms. The Labute approximate surface area is 164 Å². The molecule has 0 aliphatic carbocycles. The normalized spacial score (nSPS) is 10.3. The summed E-state index contributed by atoms with van der Waals surface area (Å²) in [6.45, 7) is 5.75. The number of halogens is 2. The third kappa shape index (κ3) is 4.84. The van der Waals surface area contributed by atoms with Crippen molar-refractivity contribution >= 4 is 11.9 Å². The molecule has 146 valence electrons. The predicted octanol–water partition coefficient (Wildman–Crippen LogP) is 5.39. The number of hydrogen-bond donors (Lipinski definition) is 0. The van der Waals surface area contributed by atoms with E-state index in [1.165, 1.54) is 24.3 Å². The van der Waals surface area contributed by atoms with Crippen LogP contribution in [0.2, 0.25) is 0 Å². The summed E-state index contributed by atoms with van der Waals surface area (Å²) in [6, 6.07) is 16.1. The van der Waals surface area contributed by atoms with E-state index in [2.05, 4.69) is 13.2 Å². The molecular weight excluding hydrogens is 382 g/mol. The van der Waals surface area contributed by atoms with Gasteiger partial charge in [-0.25, -0.2) is 9.59 Å². The van der Waals surface area contributed by atoms with Crippen molar-refractivity contribution in [2.75, 3.05) is 0 Å². The van der Waals surface area contributed by atoms with E-state index in [4.69, 9.17) is 13.9 Å². The molecule has 3 rings (SSSR count). The highest BCUT2D eigenvalue weighted by atomic mass is 19.1. The minimum Gasteiger partial charge on any atom is -0.456 e. The third-order valence-corrected chi connectivity index (χ3v) is 3.75. The lowest BCUT2D eigenvalue weighted by Gasteiger charge is -2.04. The predicted molar refractivity (Wildman–Crippen MR) is 101 cm³/mol. The first kappa shape index (κ1) is 19.8. The minimum atomic E-state index is -1.18. The lowest BCUT2D eigenvalue weighted by molar-refractivity contribution is -0.132. The highest BCUT2D eigenvalue weighted by Gasteiger charge is 2.12. The average molecular weight is 396 g/mol. The fourth-order valence-corrected chi connectivity index (χ4v) is 2.35. The Morgan fingerprint density at radius 3 is 1.31 bits per heavy atom. The van der Waals surface area contributed by atoms with Crippen LogP contribution in [0.1, 0.15) is 0 Å². The fraction of sp³-hybridized carbons (Fsp3) is 0. The number of hydrogen-bond acceptors (Lipinski definition) is 5. The molecule has 3 aromatic rings. The first-order valence-electron chi connectivity index (χ1n) is 8.27. The van der Waals surface area contributed by atoms with E-state index >= 15 is 0 Å². The van der Waals surface area contributed by atoms with Crippen LogP contribution in [0.15, 0.2) is 89.9 Å². The number of rotatable bonds is 6. The number of furan rings is 1. The Kier molecular flexibility index (Phi) is 5.69. The SMILES string of the molecule is C=C(F)C(=O)Oc1ccc(-c2ccc(-c3ccc(OC(=O)C(=C)F)cc3)o2)cc1. The monoisotopic (exact) mass is 396 g/mol. The standard InChI is InChI=1S/C22H14F2O5/c1-13(23)21(25)27-17-7-3-15(4-8-17)19-11-12-20(29-19)16-5-9-18(10-6-16)28-22(26)14(2)24/h3-12H,1-2H2. The summed E-state index contributed by atoms with van der Waals surface area (Å²) < 4.78 is 40.7. The zero-order valence-electron chi connectivity index (χ0n) is 15.0. The molecule has 1 heterocycles. The second-order valence-electron chi connectivity index (χ2n) is 5.80. The van der Waals surface area contributed by atoms with Crippen LogP contribution < -0.4 is 9.47 Å². The second kappa shape index (κ2) is 8.35. The second-order valence-corrected chi connectivity index (χ2v) is 5.80. The van der Waals surface area contributed by atoms with E-state index < -0.39 is 23.6 Å². The number of esters is 2. The summed E-state index contributed by atoms with van der Waals surface area (Å²) in [4.78, 5) is 22.4. The smallest absolute Gasteiger partial charge is 0.371 e. The Morgan fingerprint density at radius 1 is 0.655 bits per heavy atom. The molecule has 0 radical (unpaired) electrons. The molecule has 0 saturated carbocycles. The van der Waals surface area contributed by atoms with Gasteiger partial charge in [-0.15, -0.1) is 0 Å². The van der Waals surface area contributed by atoms with Crippen molar-refractivity contribution in [3.63, 3.8) is 0 Å². The van der Waals surface area contributed by atoms with Gasteiger partial charge in [-0.1, -0.05) is 13.2 Å². The summed E-state index contributed by atoms with van der Waals surface area (Å²) in [6.07, 6.45) is 0. The number of ether oxygens (including phenoxy) is 2. The Balaban J connectivity index is 1.72. The number of carbonyl (C=O) groups is 2. The van der Waals surface area contributed by atoms with Gasteiger partial charge in [0.15, 0.2) is 0 Å². The van der Waals surface area contributed by atoms with Crippen molar-refractivity contribution < 1.29 is 32.3 Å². The van der Waals surface area contributed by atoms with Gasteiger partial charge in [-0.05, 0) is 60.7 Å². The highest BCUT2D eigenvalue weighted by Crippen LogP contribution is 2.30. The van der Waals surface area contributed by atoms with Crippen LogP contribution in [0, 0.1) is 0 Å². The number of carbonyl (C=O) groups excluding carboxylic acids is 2. The van der Waals surface area contributed by atoms with Crippen LogP contribution in [0.5, 0.6) is 11.5 Å². The van der Waals surface area contributed by atoms with Gasteiger partial charge in [0, 0.05) is 11.1 Å². The lowest BCUT2D eigenvalue weighted by atomic mass is 10.1. The van der Waals surface area contributed by atoms with E-state index in [0.29, 0.717) is 22.6 Å². The van der Waals surface area contributed by atoms with Crippen molar-refractivity contribution in [3.05, 3.63) is 85.5 Å². The van der Waals surface area contributed by atoms with Crippen molar-refractivity contribution in [2.45, 2.75) is 0 Å². The zero-order chi connectivity index (χ0) is 21.0. The molecule has 0 fully saturated rings. The van der Waals surface area contributed by atoms with Gasteiger partial charge in [0.2, 0.25) is 11.7 Å². The maximum Gasteiger partial charge on any atom is 0.371 e. The lowest BCUT2D eigenvalue weighted by Crippen LogP contribution is -2.07. The molecule has 0 unspecified atom stereocenters. The fourth-order valence-electron chi connectivity index (χ4n) is 2.35. The Morgan fingerprint density at radius 2 is 1.00 bits per heavy atom. The molecular formula is C22H14F2O5. The zero-order valence-corrected chi connectivity index (χ0v) is 15.0. The van der Waals surface area contributed by atoms with Gasteiger partial charge < -0.3 is 13.9 Å². The molecule has 0 bridgehead atoms. The molecule has 2 aromatic carbocycles. The quantitative estimate of drug-likeness (QED) is 0.317. The molecule has 0 amide bonds. The molecule has 0 spiro atoms. The Bertz CT molecular complexity index is 993. The van der Waals surface area contributed by atoms with Gasteiger partial charge in [-0.2, -0.15) is 8.78 Å². The van der Waals surface area contributed by atoms with Crippen LogP contribution >= 0.6 is 0 Å². The van der Waals surface area contributed by atoms with Crippen molar-refractivity contribution in [1.82, 2.24) is 0 Å². The van der Waals surface area contributed by atoms with E-state index in [-0.39, 0.29) is 11.5 Å². The van der Waals surface area contributed by atoms with Crippen LogP contribution in [-0.2, 0) is 9.59 Å². The minimum absolute atomic E-state index is 0.172. The first-order chi connectivity index (χ1) is 13.8. The van der Waals surface area contributed by atoms with E-state index in [1.807, 2.05) is 0 Å². The average Bonchev–Trinajstić information content (AvgIpc) is 3.19. The Hall–Kier alpha value is -4.00. The first-order valence-corrected chi connectivity index (χ1v) is 8.27. The van der Waals surface area contributed by atoms with Crippen LogP contribution in [0.25, 0.3) is 22.6 Å². The van der Waals surface area contributed by atoms with E-state index in [0.717, 1.165) is 0 Å². The van der Waals surface area contributed by atoms with Crippen molar-refractivity contribution in [3.8, 4) is 34.1 Å². The maximum absolute atomic E-state index is 12.7. The summed E-state index contributed by atoms with van der Waals surface area (Å²) in [5.74, 6) is -3.21. The molecule has 0 atom stereocenters. The van der Waals surface area contributed by atoms with Crippen LogP contribution in [0.4, 0.5) is 8.78 Å². The molecule has 0 N–H and O–H groups in total. The van der Waals surface area contributed by atoms with Gasteiger partial charge in [0.1, 0.15) is 23.0 Å². The molecule has 1 aromatic heterocycles. The van der Waals surface area contributed by atoms with E-state index in [9.17, 15) is 18.4 Å². The van der Waals surface area contributed by atoms with Gasteiger partial charge in [-0.3, -0.25) is 0 Å². The highest BCUT2D eigenvalue weighted by molar-refractivity contribution is 5.87. The summed E-state index contributed by atoms with van der Waals surface area (Å²) in [7, 11) is 0. The molecule has 0 aliphatic rings. The molecule has 0 aliphatic heterocycles. The van der Waals surface area contributed by atoms with Gasteiger partial charge in [0.25, 0.3) is 0 Å². The summed E-state index contributed by atoms with van der Waals surface area (Å²) >= 11 is 0. The molecule has 5 nitrogen and oxygen atoms in total. The van der Waals surface area contributed by atoms with Crippen molar-refractivity contribution in [1.29, 1.82) is 0 Å². The third-order valence-electron chi connectivity index (χ3n) is 3.75. The van der Waals surface area contributed by atoms with Gasteiger partial charge >= 0.3 is 11.9 Å². The number of benzene rings is 2. The molecule has 0 saturated heterocycles. The van der Waals surface area contributed by atoms with Gasteiger partial charge in [0.05, 0.1) is 0 Å². The summed E-state index contributed by atoms with van der Waals surface area (Å²) in [5, 5.41) is 0. The van der Waals surface area contributed by atoms with E-state index in [1.54, 1.807) is 36.4 Å². The van der Waals surface area contributed by atoms with Crippen molar-refractivity contribution in [2.24, 2.45) is 0 Å². The topological polar surface area (TPSA) is 65.7 Å². The largest absolute Gasteiger partial charge is 0.456 e. The summed E-state index contributed by atoms with van der Waals surface area (Å²) in [5.41, 5.74) is 1.42. The van der Waals surface area contributed by atoms with Crippen LogP contribution in [-0.4, -0.2) is 11.9 Å². The van der Waals surface area contributed by atoms with Crippen LogP contribution in [0.3, 0.4) is 0 Å².